The smallest absolute Gasteiger partial charge is 0.255 e. The molecule has 0 spiro atoms. The fourth-order valence-corrected chi connectivity index (χ4v) is 3.29. The molecule has 1 amide bonds. The summed E-state index contributed by atoms with van der Waals surface area (Å²) in [5, 5.41) is 2.93. The van der Waals surface area contributed by atoms with E-state index in [-0.39, 0.29) is 5.91 Å². The topological polar surface area (TPSA) is 68.0 Å². The van der Waals surface area contributed by atoms with E-state index >= 15 is 0 Å². The Hall–Kier alpha value is -2.99. The van der Waals surface area contributed by atoms with Crippen LogP contribution >= 0.6 is 15.9 Å². The Morgan fingerprint density at radius 2 is 1.93 bits per heavy atom. The summed E-state index contributed by atoms with van der Waals surface area (Å²) in [6, 6.07) is 13.1. The molecule has 0 bridgehead atoms. The van der Waals surface area contributed by atoms with Crippen LogP contribution in [0.15, 0.2) is 63.7 Å². The van der Waals surface area contributed by atoms with Crippen LogP contribution in [0.1, 0.15) is 21.5 Å². The summed E-state index contributed by atoms with van der Waals surface area (Å²) in [6.45, 7) is 3.94. The average molecular weight is 422 g/mol. The largest absolute Gasteiger partial charge is 0.436 e. The number of fused-ring (bicyclic) bond motifs is 1. The standard InChI is InChI=1S/C21H16BrN3O2/c1-12-3-5-17(13(2)7-12)20(26)24-16-4-6-19-18(9-16)25-21(27-19)14-8-15(22)11-23-10-14/h3-11H,1-2H3,(H,24,26). The van der Waals surface area contributed by atoms with Crippen LogP contribution in [0.3, 0.4) is 0 Å². The molecule has 0 aliphatic heterocycles. The van der Waals surface area contributed by atoms with Gasteiger partial charge >= 0.3 is 0 Å². The second kappa shape index (κ2) is 6.96. The summed E-state index contributed by atoms with van der Waals surface area (Å²) < 4.78 is 6.65. The zero-order valence-electron chi connectivity index (χ0n) is 14.8. The van der Waals surface area contributed by atoms with Gasteiger partial charge in [-0.1, -0.05) is 17.7 Å². The van der Waals surface area contributed by atoms with Gasteiger partial charge in [0.2, 0.25) is 5.89 Å². The summed E-state index contributed by atoms with van der Waals surface area (Å²) >= 11 is 3.39. The number of anilines is 1. The van der Waals surface area contributed by atoms with Crippen LogP contribution in [0, 0.1) is 13.8 Å². The lowest BCUT2D eigenvalue weighted by Crippen LogP contribution is -2.13. The first-order valence-electron chi connectivity index (χ1n) is 8.40. The number of benzene rings is 2. The number of nitrogens with zero attached hydrogens (tertiary/aromatic N) is 2. The molecule has 0 aliphatic rings. The van der Waals surface area contributed by atoms with E-state index in [0.717, 1.165) is 21.2 Å². The number of rotatable bonds is 3. The molecule has 0 unspecified atom stereocenters. The monoisotopic (exact) mass is 421 g/mol. The van der Waals surface area contributed by atoms with Gasteiger partial charge in [0, 0.05) is 28.1 Å². The molecule has 0 aliphatic carbocycles. The highest BCUT2D eigenvalue weighted by Gasteiger charge is 2.12. The van der Waals surface area contributed by atoms with E-state index in [2.05, 4.69) is 31.2 Å². The molecule has 2 aromatic carbocycles. The third-order valence-electron chi connectivity index (χ3n) is 4.22. The van der Waals surface area contributed by atoms with Crippen molar-refractivity contribution in [2.45, 2.75) is 13.8 Å². The Morgan fingerprint density at radius 3 is 2.70 bits per heavy atom. The van der Waals surface area contributed by atoms with Crippen molar-refractivity contribution in [2.24, 2.45) is 0 Å². The van der Waals surface area contributed by atoms with Crippen molar-refractivity contribution in [1.82, 2.24) is 9.97 Å². The number of oxazole rings is 1. The lowest BCUT2D eigenvalue weighted by atomic mass is 10.1. The number of hydrogen-bond acceptors (Lipinski definition) is 4. The highest BCUT2D eigenvalue weighted by Crippen LogP contribution is 2.27. The minimum absolute atomic E-state index is 0.147. The summed E-state index contributed by atoms with van der Waals surface area (Å²) in [6.07, 6.45) is 3.39. The number of carbonyl (C=O) groups is 1. The van der Waals surface area contributed by atoms with E-state index < -0.39 is 0 Å². The van der Waals surface area contributed by atoms with Gasteiger partial charge in [0.05, 0.1) is 5.56 Å². The summed E-state index contributed by atoms with van der Waals surface area (Å²) in [4.78, 5) is 21.2. The zero-order valence-corrected chi connectivity index (χ0v) is 16.4. The van der Waals surface area contributed by atoms with Crippen molar-refractivity contribution < 1.29 is 9.21 Å². The molecule has 5 nitrogen and oxygen atoms in total. The molecular formula is C21H16BrN3O2. The molecule has 0 saturated heterocycles. The highest BCUT2D eigenvalue weighted by molar-refractivity contribution is 9.10. The van der Waals surface area contributed by atoms with Crippen molar-refractivity contribution in [3.8, 4) is 11.5 Å². The molecule has 2 aromatic heterocycles. The Morgan fingerprint density at radius 1 is 1.07 bits per heavy atom. The Labute approximate surface area is 164 Å². The first-order valence-corrected chi connectivity index (χ1v) is 9.19. The Bertz CT molecular complexity index is 1170. The first-order chi connectivity index (χ1) is 13.0. The number of aryl methyl sites for hydroxylation is 2. The van der Waals surface area contributed by atoms with Crippen molar-refractivity contribution in [2.75, 3.05) is 5.32 Å². The maximum absolute atomic E-state index is 12.6. The van der Waals surface area contributed by atoms with E-state index in [1.807, 2.05) is 38.1 Å². The molecule has 1 N–H and O–H groups in total. The number of carbonyl (C=O) groups excluding carboxylic acids is 1. The van der Waals surface area contributed by atoms with Crippen molar-refractivity contribution in [3.63, 3.8) is 0 Å². The maximum atomic E-state index is 12.6. The van der Waals surface area contributed by atoms with Crippen LogP contribution in [0.2, 0.25) is 0 Å². The van der Waals surface area contributed by atoms with E-state index in [1.54, 1.807) is 30.6 Å². The van der Waals surface area contributed by atoms with Gasteiger partial charge in [-0.2, -0.15) is 0 Å². The molecule has 4 rings (SSSR count). The zero-order chi connectivity index (χ0) is 19.0. The number of aromatic nitrogens is 2. The number of nitrogens with one attached hydrogen (secondary N) is 1. The highest BCUT2D eigenvalue weighted by atomic mass is 79.9. The van der Waals surface area contributed by atoms with Crippen LogP contribution in [0.4, 0.5) is 5.69 Å². The molecule has 0 saturated carbocycles. The van der Waals surface area contributed by atoms with Crippen LogP contribution in [-0.4, -0.2) is 15.9 Å². The third kappa shape index (κ3) is 3.61. The number of pyridine rings is 1. The summed E-state index contributed by atoms with van der Waals surface area (Å²) in [5.74, 6) is 0.336. The SMILES string of the molecule is Cc1ccc(C(=O)Nc2ccc3oc(-c4cncc(Br)c4)nc3c2)c(C)c1. The normalized spacial score (nSPS) is 10.9. The van der Waals surface area contributed by atoms with E-state index in [9.17, 15) is 4.79 Å². The predicted molar refractivity (Wildman–Crippen MR) is 109 cm³/mol. The molecular weight excluding hydrogens is 406 g/mol. The molecule has 0 radical (unpaired) electrons. The van der Waals surface area contributed by atoms with E-state index in [1.165, 1.54) is 0 Å². The van der Waals surface area contributed by atoms with Gasteiger partial charge in [0.25, 0.3) is 5.91 Å². The van der Waals surface area contributed by atoms with Gasteiger partial charge in [-0.05, 0) is 65.7 Å². The Kier molecular flexibility index (Phi) is 4.49. The molecule has 0 fully saturated rings. The van der Waals surface area contributed by atoms with Gasteiger partial charge in [0.15, 0.2) is 5.58 Å². The lowest BCUT2D eigenvalue weighted by Gasteiger charge is -2.08. The maximum Gasteiger partial charge on any atom is 0.255 e. The molecule has 6 heteroatoms. The minimum atomic E-state index is -0.147. The predicted octanol–water partition coefficient (Wildman–Crippen LogP) is 5.52. The molecule has 4 aromatic rings. The van der Waals surface area contributed by atoms with Crippen LogP contribution in [0.25, 0.3) is 22.6 Å². The number of amides is 1. The van der Waals surface area contributed by atoms with Gasteiger partial charge in [-0.15, -0.1) is 0 Å². The lowest BCUT2D eigenvalue weighted by molar-refractivity contribution is 0.102. The second-order valence-electron chi connectivity index (χ2n) is 6.37. The van der Waals surface area contributed by atoms with Crippen LogP contribution < -0.4 is 5.32 Å². The molecule has 27 heavy (non-hydrogen) atoms. The Balaban J connectivity index is 1.62. The molecule has 0 atom stereocenters. The number of hydrogen-bond donors (Lipinski definition) is 1. The summed E-state index contributed by atoms with van der Waals surface area (Å²) in [7, 11) is 0. The summed E-state index contributed by atoms with van der Waals surface area (Å²) in [5.41, 5.74) is 5.49. The average Bonchev–Trinajstić information content (AvgIpc) is 3.05. The molecule has 2 heterocycles. The fraction of sp³-hybridized carbons (Fsp3) is 0.0952. The third-order valence-corrected chi connectivity index (χ3v) is 4.66. The van der Waals surface area contributed by atoms with Crippen molar-refractivity contribution in [3.05, 3.63) is 76.0 Å². The van der Waals surface area contributed by atoms with Crippen LogP contribution in [0.5, 0.6) is 0 Å². The van der Waals surface area contributed by atoms with E-state index in [0.29, 0.717) is 28.2 Å². The fourth-order valence-electron chi connectivity index (χ4n) is 2.92. The van der Waals surface area contributed by atoms with Crippen molar-refractivity contribution in [1.29, 1.82) is 0 Å². The second-order valence-corrected chi connectivity index (χ2v) is 7.28. The van der Waals surface area contributed by atoms with Gasteiger partial charge in [-0.3, -0.25) is 9.78 Å². The molecule has 134 valence electrons. The van der Waals surface area contributed by atoms with Crippen molar-refractivity contribution >= 4 is 38.6 Å². The quantitative estimate of drug-likeness (QED) is 0.472. The van der Waals surface area contributed by atoms with E-state index in [4.69, 9.17) is 4.42 Å². The minimum Gasteiger partial charge on any atom is -0.436 e. The van der Waals surface area contributed by atoms with Gasteiger partial charge in [0.1, 0.15) is 5.52 Å². The number of halogens is 1. The van der Waals surface area contributed by atoms with Gasteiger partial charge < -0.3 is 9.73 Å². The first kappa shape index (κ1) is 17.4. The van der Waals surface area contributed by atoms with Crippen LogP contribution in [-0.2, 0) is 0 Å². The van der Waals surface area contributed by atoms with Gasteiger partial charge in [-0.25, -0.2) is 4.98 Å².